The molecule has 0 amide bonds. The molecule has 0 radical (unpaired) electrons. The molecule has 0 bridgehead atoms. The van der Waals surface area contributed by atoms with Crippen molar-refractivity contribution in [3.8, 4) is 0 Å². The van der Waals surface area contributed by atoms with Crippen LogP contribution in [0.25, 0.3) is 0 Å². The minimum Gasteiger partial charge on any atom is -0.0958 e. The van der Waals surface area contributed by atoms with E-state index < -0.39 is 0 Å². The van der Waals surface area contributed by atoms with Crippen molar-refractivity contribution in [3.05, 3.63) is 34.9 Å². The van der Waals surface area contributed by atoms with Crippen molar-refractivity contribution in [2.24, 2.45) is 5.41 Å². The topological polar surface area (TPSA) is 0 Å². The van der Waals surface area contributed by atoms with Gasteiger partial charge in [0.1, 0.15) is 0 Å². The molecule has 0 rings (SSSR count). The molecule has 14 heavy (non-hydrogen) atoms. The van der Waals surface area contributed by atoms with Gasteiger partial charge in [0.25, 0.3) is 0 Å². The summed E-state index contributed by atoms with van der Waals surface area (Å²) in [4.78, 5) is 0. The SMILES string of the molecule is C=C(C)C(C)=C(C)C(C)(C)C(C)=CC. The van der Waals surface area contributed by atoms with Gasteiger partial charge in [-0.2, -0.15) is 0 Å². The quantitative estimate of drug-likeness (QED) is 0.441. The van der Waals surface area contributed by atoms with E-state index in [1.54, 1.807) is 0 Å². The van der Waals surface area contributed by atoms with Crippen LogP contribution in [-0.4, -0.2) is 0 Å². The maximum Gasteiger partial charge on any atom is 0.00641 e. The van der Waals surface area contributed by atoms with E-state index in [1.807, 2.05) is 0 Å². The highest BCUT2D eigenvalue weighted by atomic mass is 14.3. The molecule has 0 aromatic carbocycles. The number of allylic oxidation sites excluding steroid dienone is 5. The van der Waals surface area contributed by atoms with E-state index in [9.17, 15) is 0 Å². The normalized spacial score (nSPS) is 15.2. The Balaban J connectivity index is 5.31. The van der Waals surface area contributed by atoms with Crippen LogP contribution in [-0.2, 0) is 0 Å². The van der Waals surface area contributed by atoms with Crippen LogP contribution in [0.3, 0.4) is 0 Å². The van der Waals surface area contributed by atoms with Crippen molar-refractivity contribution >= 4 is 0 Å². The van der Waals surface area contributed by atoms with Crippen molar-refractivity contribution in [2.75, 3.05) is 0 Å². The zero-order chi connectivity index (χ0) is 11.5. The third-order valence-corrected chi connectivity index (χ3v) is 3.56. The highest BCUT2D eigenvalue weighted by Gasteiger charge is 2.23. The molecule has 0 saturated heterocycles. The minimum absolute atomic E-state index is 0.151. The van der Waals surface area contributed by atoms with E-state index in [-0.39, 0.29) is 5.41 Å². The van der Waals surface area contributed by atoms with E-state index in [2.05, 4.69) is 61.1 Å². The monoisotopic (exact) mass is 192 g/mol. The lowest BCUT2D eigenvalue weighted by molar-refractivity contribution is 0.532. The molecule has 0 aliphatic carbocycles. The van der Waals surface area contributed by atoms with Crippen LogP contribution >= 0.6 is 0 Å². The number of hydrogen-bond donors (Lipinski definition) is 0. The summed E-state index contributed by atoms with van der Waals surface area (Å²) in [5, 5.41) is 0. The largest absolute Gasteiger partial charge is 0.0958 e. The lowest BCUT2D eigenvalue weighted by atomic mass is 9.76. The molecule has 0 heterocycles. The highest BCUT2D eigenvalue weighted by molar-refractivity contribution is 5.36. The van der Waals surface area contributed by atoms with Gasteiger partial charge < -0.3 is 0 Å². The molecule has 0 aliphatic rings. The van der Waals surface area contributed by atoms with Gasteiger partial charge in [-0.25, -0.2) is 0 Å². The maximum atomic E-state index is 4.00. The van der Waals surface area contributed by atoms with Gasteiger partial charge in [-0.15, -0.1) is 0 Å². The van der Waals surface area contributed by atoms with E-state index in [4.69, 9.17) is 0 Å². The minimum atomic E-state index is 0.151. The van der Waals surface area contributed by atoms with Crippen LogP contribution in [0.5, 0.6) is 0 Å². The Morgan fingerprint density at radius 1 is 1.07 bits per heavy atom. The molecule has 0 atom stereocenters. The maximum absolute atomic E-state index is 4.00. The van der Waals surface area contributed by atoms with Crippen molar-refractivity contribution < 1.29 is 0 Å². The second-order valence-corrected chi connectivity index (χ2v) is 4.63. The Bertz CT molecular complexity index is 285. The Hall–Kier alpha value is -0.780. The van der Waals surface area contributed by atoms with Gasteiger partial charge >= 0.3 is 0 Å². The van der Waals surface area contributed by atoms with Gasteiger partial charge in [-0.1, -0.05) is 43.2 Å². The summed E-state index contributed by atoms with van der Waals surface area (Å²) in [6, 6.07) is 0. The molecule has 0 aromatic heterocycles. The van der Waals surface area contributed by atoms with Crippen LogP contribution in [0, 0.1) is 5.41 Å². The molecule has 0 heteroatoms. The Morgan fingerprint density at radius 2 is 1.50 bits per heavy atom. The summed E-state index contributed by atoms with van der Waals surface area (Å²) in [5.41, 5.74) is 5.48. The summed E-state index contributed by atoms with van der Waals surface area (Å²) in [6.45, 7) is 19.3. The summed E-state index contributed by atoms with van der Waals surface area (Å²) >= 11 is 0. The van der Waals surface area contributed by atoms with Gasteiger partial charge in [-0.05, 0) is 40.2 Å². The lowest BCUT2D eigenvalue weighted by Gasteiger charge is -2.29. The average Bonchev–Trinajstić information content (AvgIpc) is 2.13. The fourth-order valence-electron chi connectivity index (χ4n) is 1.45. The van der Waals surface area contributed by atoms with Crippen LogP contribution in [0.15, 0.2) is 34.9 Å². The molecule has 80 valence electrons. The molecule has 0 saturated carbocycles. The van der Waals surface area contributed by atoms with Crippen LogP contribution < -0.4 is 0 Å². The van der Waals surface area contributed by atoms with Gasteiger partial charge in [0, 0.05) is 5.41 Å². The van der Waals surface area contributed by atoms with Gasteiger partial charge in [0.05, 0.1) is 0 Å². The predicted octanol–water partition coefficient (Wildman–Crippen LogP) is 4.89. The Labute approximate surface area is 89.4 Å². The van der Waals surface area contributed by atoms with E-state index in [0.29, 0.717) is 0 Å². The fourth-order valence-corrected chi connectivity index (χ4v) is 1.45. The third-order valence-electron chi connectivity index (χ3n) is 3.56. The first-order chi connectivity index (χ1) is 6.25. The average molecular weight is 192 g/mol. The molecule has 0 aromatic rings. The van der Waals surface area contributed by atoms with E-state index in [0.717, 1.165) is 0 Å². The Kier molecular flexibility index (Phi) is 4.38. The summed E-state index contributed by atoms with van der Waals surface area (Å²) in [6.07, 6.45) is 2.19. The third kappa shape index (κ3) is 2.60. The molecule has 0 unspecified atom stereocenters. The second kappa shape index (κ2) is 4.63. The number of hydrogen-bond acceptors (Lipinski definition) is 0. The van der Waals surface area contributed by atoms with Crippen molar-refractivity contribution in [3.63, 3.8) is 0 Å². The molecular weight excluding hydrogens is 168 g/mol. The summed E-state index contributed by atoms with van der Waals surface area (Å²) in [7, 11) is 0. The summed E-state index contributed by atoms with van der Waals surface area (Å²) in [5.74, 6) is 0. The molecule has 0 fully saturated rings. The van der Waals surface area contributed by atoms with E-state index >= 15 is 0 Å². The smallest absolute Gasteiger partial charge is 0.00641 e. The zero-order valence-electron chi connectivity index (χ0n) is 10.8. The predicted molar refractivity (Wildman–Crippen MR) is 66.4 cm³/mol. The highest BCUT2D eigenvalue weighted by Crippen LogP contribution is 2.36. The summed E-state index contributed by atoms with van der Waals surface area (Å²) < 4.78 is 0. The van der Waals surface area contributed by atoms with Crippen LogP contribution in [0.1, 0.15) is 48.5 Å². The molecular formula is C14H24. The second-order valence-electron chi connectivity index (χ2n) is 4.63. The molecule has 0 aliphatic heterocycles. The Morgan fingerprint density at radius 3 is 1.79 bits per heavy atom. The van der Waals surface area contributed by atoms with Crippen LogP contribution in [0.4, 0.5) is 0 Å². The van der Waals surface area contributed by atoms with Crippen molar-refractivity contribution in [2.45, 2.75) is 48.5 Å². The van der Waals surface area contributed by atoms with Gasteiger partial charge in [0.2, 0.25) is 0 Å². The molecule has 0 spiro atoms. The zero-order valence-corrected chi connectivity index (χ0v) is 10.8. The van der Waals surface area contributed by atoms with Gasteiger partial charge in [0.15, 0.2) is 0 Å². The van der Waals surface area contributed by atoms with Crippen LogP contribution in [0.2, 0.25) is 0 Å². The van der Waals surface area contributed by atoms with Crippen molar-refractivity contribution in [1.29, 1.82) is 0 Å². The lowest BCUT2D eigenvalue weighted by Crippen LogP contribution is -2.16. The first kappa shape index (κ1) is 13.2. The first-order valence-electron chi connectivity index (χ1n) is 5.22. The standard InChI is InChI=1S/C14H24/c1-9-11(4)14(7,8)13(6)12(5)10(2)3/h9H,2H2,1,3-8H3. The fraction of sp³-hybridized carbons (Fsp3) is 0.571. The van der Waals surface area contributed by atoms with Crippen molar-refractivity contribution in [1.82, 2.24) is 0 Å². The van der Waals surface area contributed by atoms with E-state index in [1.165, 1.54) is 22.3 Å². The number of rotatable bonds is 3. The van der Waals surface area contributed by atoms with Gasteiger partial charge in [-0.3, -0.25) is 0 Å². The first-order valence-corrected chi connectivity index (χ1v) is 5.22. The molecule has 0 nitrogen and oxygen atoms in total. The molecule has 0 N–H and O–H groups in total.